The fraction of sp³-hybridized carbons (Fsp3) is 0.150. The van der Waals surface area contributed by atoms with Crippen molar-refractivity contribution < 1.29 is 13.2 Å². The first-order valence-electron chi connectivity index (χ1n) is 9.22. The summed E-state index contributed by atoms with van der Waals surface area (Å²) in [6.07, 6.45) is 0.917. The molecule has 162 valence electrons. The van der Waals surface area contributed by atoms with Gasteiger partial charge in [-0.2, -0.15) is 14.0 Å². The Morgan fingerprint density at radius 1 is 1.16 bits per heavy atom. The van der Waals surface area contributed by atoms with Gasteiger partial charge in [0, 0.05) is 10.6 Å². The monoisotopic (exact) mass is 484 g/mol. The van der Waals surface area contributed by atoms with Crippen molar-refractivity contribution in [1.82, 2.24) is 18.5 Å². The number of nitrogens with one attached hydrogen (secondary N) is 1. The van der Waals surface area contributed by atoms with Crippen LogP contribution in [0.4, 0.5) is 10.8 Å². The molecular weight excluding hydrogens is 468 g/mol. The third-order valence-electron chi connectivity index (χ3n) is 4.48. The van der Waals surface area contributed by atoms with E-state index >= 15 is 0 Å². The number of sulfonamides is 1. The topological polar surface area (TPSA) is 129 Å². The fourth-order valence-corrected chi connectivity index (χ4v) is 4.90. The smallest absolute Gasteiger partial charge is 0.284 e. The summed E-state index contributed by atoms with van der Waals surface area (Å²) in [5, 5.41) is 9.63. The van der Waals surface area contributed by atoms with E-state index < -0.39 is 15.9 Å². The van der Waals surface area contributed by atoms with Crippen molar-refractivity contribution in [2.45, 2.75) is 13.5 Å². The highest BCUT2D eigenvalue weighted by Gasteiger charge is 2.22. The molecule has 0 radical (unpaired) electrons. The fourth-order valence-electron chi connectivity index (χ4n) is 3.02. The molecule has 0 saturated heterocycles. The van der Waals surface area contributed by atoms with E-state index in [2.05, 4.69) is 19.8 Å². The summed E-state index contributed by atoms with van der Waals surface area (Å²) in [6.45, 7) is 2.13. The molecule has 2 aromatic heterocycles. The SMILES string of the molecule is Cc1sc(N(Cc2ccc3nsnc3c2)c2ccc(C#N)cc2)nc1C(=O)NS(C)(=O)=O. The second-order valence-electron chi connectivity index (χ2n) is 6.94. The predicted molar refractivity (Wildman–Crippen MR) is 124 cm³/mol. The highest BCUT2D eigenvalue weighted by molar-refractivity contribution is 7.89. The summed E-state index contributed by atoms with van der Waals surface area (Å²) in [4.78, 5) is 19.3. The number of carbonyl (C=O) groups is 1. The number of anilines is 2. The summed E-state index contributed by atoms with van der Waals surface area (Å²) < 4.78 is 33.4. The second-order valence-corrected chi connectivity index (χ2v) is 10.4. The molecule has 0 spiro atoms. The zero-order chi connectivity index (χ0) is 22.9. The molecule has 2 aromatic carbocycles. The summed E-state index contributed by atoms with van der Waals surface area (Å²) in [6, 6.07) is 14.9. The van der Waals surface area contributed by atoms with Gasteiger partial charge in [-0.05, 0) is 48.9 Å². The van der Waals surface area contributed by atoms with Gasteiger partial charge in [-0.3, -0.25) is 4.79 Å². The van der Waals surface area contributed by atoms with E-state index in [0.717, 1.165) is 40.3 Å². The zero-order valence-electron chi connectivity index (χ0n) is 16.9. The van der Waals surface area contributed by atoms with Crippen molar-refractivity contribution in [2.75, 3.05) is 11.2 Å². The number of aromatic nitrogens is 3. The largest absolute Gasteiger partial charge is 0.313 e. The van der Waals surface area contributed by atoms with Crippen LogP contribution in [0.5, 0.6) is 0 Å². The number of nitriles is 1. The van der Waals surface area contributed by atoms with Gasteiger partial charge in [-0.1, -0.05) is 6.07 Å². The highest BCUT2D eigenvalue weighted by atomic mass is 32.2. The van der Waals surface area contributed by atoms with Crippen LogP contribution in [0.15, 0.2) is 42.5 Å². The number of rotatable bonds is 6. The lowest BCUT2D eigenvalue weighted by atomic mass is 10.1. The van der Waals surface area contributed by atoms with Gasteiger partial charge in [0.15, 0.2) is 5.13 Å². The maximum atomic E-state index is 12.4. The molecule has 0 fully saturated rings. The van der Waals surface area contributed by atoms with E-state index in [1.165, 1.54) is 11.3 Å². The van der Waals surface area contributed by atoms with E-state index in [9.17, 15) is 13.2 Å². The van der Waals surface area contributed by atoms with E-state index in [1.54, 1.807) is 31.2 Å². The van der Waals surface area contributed by atoms with Crippen LogP contribution in [-0.2, 0) is 16.6 Å². The van der Waals surface area contributed by atoms with Gasteiger partial charge < -0.3 is 4.90 Å². The molecule has 0 unspecified atom stereocenters. The normalized spacial score (nSPS) is 11.3. The molecule has 0 aliphatic rings. The highest BCUT2D eigenvalue weighted by Crippen LogP contribution is 2.33. The van der Waals surface area contributed by atoms with Gasteiger partial charge in [0.05, 0.1) is 36.2 Å². The molecule has 4 aromatic rings. The Hall–Kier alpha value is -3.40. The van der Waals surface area contributed by atoms with Crippen LogP contribution in [-0.4, -0.2) is 34.3 Å². The Morgan fingerprint density at radius 3 is 2.56 bits per heavy atom. The predicted octanol–water partition coefficient (Wildman–Crippen LogP) is 3.36. The van der Waals surface area contributed by atoms with E-state index in [4.69, 9.17) is 5.26 Å². The van der Waals surface area contributed by atoms with Crippen molar-refractivity contribution in [3.8, 4) is 6.07 Å². The molecule has 2 heterocycles. The minimum atomic E-state index is -3.71. The molecule has 4 rings (SSSR count). The summed E-state index contributed by atoms with van der Waals surface area (Å²) >= 11 is 2.42. The van der Waals surface area contributed by atoms with Crippen LogP contribution in [0.3, 0.4) is 0 Å². The number of amides is 1. The lowest BCUT2D eigenvalue weighted by Crippen LogP contribution is -2.30. The molecule has 0 bridgehead atoms. The molecule has 0 aliphatic carbocycles. The van der Waals surface area contributed by atoms with Gasteiger partial charge in [0.2, 0.25) is 10.0 Å². The summed E-state index contributed by atoms with van der Waals surface area (Å²) in [5.74, 6) is -0.776. The Kier molecular flexibility index (Phi) is 5.88. The molecule has 12 heteroatoms. The molecular formula is C20H16N6O3S3. The van der Waals surface area contributed by atoms with Crippen LogP contribution in [0.2, 0.25) is 0 Å². The molecule has 0 aliphatic heterocycles. The average Bonchev–Trinajstić information content (AvgIpc) is 3.37. The first-order chi connectivity index (χ1) is 15.2. The third kappa shape index (κ3) is 4.75. The standard InChI is InChI=1S/C20H16N6O3S3/c1-12-18(19(27)25-32(2,28)29)22-20(30-12)26(15-6-3-13(10-21)4-7-15)11-14-5-8-16-17(9-14)24-31-23-16/h3-9H,11H2,1-2H3,(H,25,27). The van der Waals surface area contributed by atoms with Crippen LogP contribution in [0.1, 0.15) is 26.5 Å². The zero-order valence-corrected chi connectivity index (χ0v) is 19.4. The molecule has 0 saturated carbocycles. The Morgan fingerprint density at radius 2 is 1.88 bits per heavy atom. The number of nitrogens with zero attached hydrogens (tertiary/aromatic N) is 5. The number of hydrogen-bond acceptors (Lipinski definition) is 10. The average molecular weight is 485 g/mol. The Balaban J connectivity index is 1.74. The molecule has 32 heavy (non-hydrogen) atoms. The van der Waals surface area contributed by atoms with Crippen molar-refractivity contribution >= 4 is 60.8 Å². The number of hydrogen-bond donors (Lipinski definition) is 1. The van der Waals surface area contributed by atoms with Crippen molar-refractivity contribution in [3.05, 3.63) is 64.2 Å². The molecule has 0 atom stereocenters. The van der Waals surface area contributed by atoms with Crippen LogP contribution in [0, 0.1) is 18.3 Å². The van der Waals surface area contributed by atoms with E-state index in [1.807, 2.05) is 27.8 Å². The van der Waals surface area contributed by atoms with E-state index in [0.29, 0.717) is 22.1 Å². The van der Waals surface area contributed by atoms with Gasteiger partial charge in [-0.15, -0.1) is 11.3 Å². The summed E-state index contributed by atoms with van der Waals surface area (Å²) in [5.41, 5.74) is 3.89. The minimum Gasteiger partial charge on any atom is -0.313 e. The number of fused-ring (bicyclic) bond motifs is 1. The quantitative estimate of drug-likeness (QED) is 0.441. The first kappa shape index (κ1) is 21.8. The first-order valence-corrected chi connectivity index (χ1v) is 12.7. The number of aryl methyl sites for hydroxylation is 1. The maximum absolute atomic E-state index is 12.4. The van der Waals surface area contributed by atoms with Gasteiger partial charge in [0.1, 0.15) is 16.7 Å². The van der Waals surface area contributed by atoms with Gasteiger partial charge in [-0.25, -0.2) is 18.1 Å². The van der Waals surface area contributed by atoms with Crippen LogP contribution >= 0.6 is 23.1 Å². The number of benzene rings is 2. The lowest BCUT2D eigenvalue weighted by molar-refractivity contribution is 0.0977. The van der Waals surface area contributed by atoms with Crippen LogP contribution in [0.25, 0.3) is 11.0 Å². The maximum Gasteiger partial charge on any atom is 0.284 e. The van der Waals surface area contributed by atoms with Crippen LogP contribution < -0.4 is 9.62 Å². The minimum absolute atomic E-state index is 0.0493. The second kappa shape index (κ2) is 8.62. The Bertz CT molecular complexity index is 1450. The Labute approximate surface area is 192 Å². The molecule has 1 amide bonds. The van der Waals surface area contributed by atoms with E-state index in [-0.39, 0.29) is 5.69 Å². The van der Waals surface area contributed by atoms with Crippen molar-refractivity contribution in [1.29, 1.82) is 5.26 Å². The molecule has 1 N–H and O–H groups in total. The molecule has 9 nitrogen and oxygen atoms in total. The third-order valence-corrected chi connectivity index (χ3v) is 6.58. The van der Waals surface area contributed by atoms with Crippen molar-refractivity contribution in [3.63, 3.8) is 0 Å². The van der Waals surface area contributed by atoms with Crippen molar-refractivity contribution in [2.24, 2.45) is 0 Å². The summed E-state index contributed by atoms with van der Waals surface area (Å²) in [7, 11) is -3.71. The van der Waals surface area contributed by atoms with Gasteiger partial charge >= 0.3 is 0 Å². The number of carbonyl (C=O) groups excluding carboxylic acids is 1. The lowest BCUT2D eigenvalue weighted by Gasteiger charge is -2.22. The number of thiazole rings is 1. The van der Waals surface area contributed by atoms with Gasteiger partial charge in [0.25, 0.3) is 5.91 Å².